The zero-order chi connectivity index (χ0) is 14.1. The lowest BCUT2D eigenvalue weighted by Gasteiger charge is -2.08. The minimum Gasteiger partial charge on any atom is -0.320 e. The molecule has 1 atom stereocenters. The number of aromatic nitrogens is 3. The Morgan fingerprint density at radius 2 is 2.35 bits per heavy atom. The zero-order valence-corrected chi connectivity index (χ0v) is 12.3. The average molecular weight is 303 g/mol. The van der Waals surface area contributed by atoms with E-state index in [1.807, 2.05) is 29.0 Å². The van der Waals surface area contributed by atoms with Crippen LogP contribution in [0.5, 0.6) is 0 Å². The first-order chi connectivity index (χ1) is 9.70. The van der Waals surface area contributed by atoms with E-state index in [-0.39, 0.29) is 5.38 Å². The zero-order valence-electron chi connectivity index (χ0n) is 10.7. The number of alkyl halides is 1. The first kappa shape index (κ1) is 13.1. The van der Waals surface area contributed by atoms with Crippen molar-refractivity contribution in [2.24, 2.45) is 0 Å². The quantitative estimate of drug-likeness (QED) is 0.693. The maximum Gasteiger partial charge on any atom is 0.128 e. The third-order valence-corrected chi connectivity index (χ3v) is 4.02. The molecule has 0 radical (unpaired) electrons. The van der Waals surface area contributed by atoms with Gasteiger partial charge in [-0.15, -0.1) is 22.9 Å². The Morgan fingerprint density at radius 3 is 3.00 bits per heavy atom. The van der Waals surface area contributed by atoms with Crippen molar-refractivity contribution < 1.29 is 0 Å². The van der Waals surface area contributed by atoms with Crippen LogP contribution in [0.15, 0.2) is 29.8 Å². The first-order valence-corrected chi connectivity index (χ1v) is 7.44. The Kier molecular flexibility index (Phi) is 3.43. The predicted octanol–water partition coefficient (Wildman–Crippen LogP) is 3.71. The molecule has 4 nitrogen and oxygen atoms in total. The number of nitriles is 1. The summed E-state index contributed by atoms with van der Waals surface area (Å²) in [6.07, 6.45) is 1.78. The second-order valence-corrected chi connectivity index (χ2v) is 6.02. The van der Waals surface area contributed by atoms with Gasteiger partial charge in [-0.25, -0.2) is 9.97 Å². The molecule has 0 aliphatic carbocycles. The van der Waals surface area contributed by atoms with Crippen molar-refractivity contribution in [2.45, 2.75) is 18.8 Å². The molecule has 20 heavy (non-hydrogen) atoms. The maximum atomic E-state index is 9.19. The molecule has 0 saturated carbocycles. The van der Waals surface area contributed by atoms with E-state index in [4.69, 9.17) is 11.6 Å². The molecular weight excluding hydrogens is 292 g/mol. The molecular formula is C14H11ClN4S. The van der Waals surface area contributed by atoms with Crippen LogP contribution in [0, 0.1) is 11.3 Å². The van der Waals surface area contributed by atoms with E-state index in [0.717, 1.165) is 16.3 Å². The largest absolute Gasteiger partial charge is 0.320 e. The minimum absolute atomic E-state index is 0.228. The van der Waals surface area contributed by atoms with E-state index in [1.165, 1.54) is 0 Å². The number of benzene rings is 1. The Bertz CT molecular complexity index is 783. The number of rotatable bonds is 3. The third-order valence-electron chi connectivity index (χ3n) is 3.06. The lowest BCUT2D eigenvalue weighted by Crippen LogP contribution is -2.05. The number of thiazole rings is 1. The topological polar surface area (TPSA) is 54.5 Å². The highest BCUT2D eigenvalue weighted by Gasteiger charge is 2.17. The van der Waals surface area contributed by atoms with Gasteiger partial charge < -0.3 is 4.57 Å². The Morgan fingerprint density at radius 1 is 1.50 bits per heavy atom. The third kappa shape index (κ3) is 2.17. The lowest BCUT2D eigenvalue weighted by atomic mass is 10.2. The monoisotopic (exact) mass is 302 g/mol. The summed E-state index contributed by atoms with van der Waals surface area (Å²) in [7, 11) is 0. The molecule has 2 aromatic heterocycles. The van der Waals surface area contributed by atoms with E-state index >= 15 is 0 Å². The van der Waals surface area contributed by atoms with E-state index in [0.29, 0.717) is 17.6 Å². The fourth-order valence-corrected chi connectivity index (χ4v) is 2.96. The van der Waals surface area contributed by atoms with Gasteiger partial charge in [-0.2, -0.15) is 5.26 Å². The molecule has 6 heteroatoms. The van der Waals surface area contributed by atoms with Crippen LogP contribution in [0.1, 0.15) is 28.7 Å². The van der Waals surface area contributed by atoms with Gasteiger partial charge in [0, 0.05) is 11.6 Å². The van der Waals surface area contributed by atoms with Gasteiger partial charge in [0.15, 0.2) is 0 Å². The number of nitrogens with zero attached hydrogens (tertiary/aromatic N) is 4. The summed E-state index contributed by atoms with van der Waals surface area (Å²) in [6, 6.07) is 7.77. The minimum atomic E-state index is -0.228. The molecule has 0 amide bonds. The highest BCUT2D eigenvalue weighted by Crippen LogP contribution is 2.27. The van der Waals surface area contributed by atoms with Gasteiger partial charge in [0.1, 0.15) is 22.4 Å². The molecule has 3 rings (SSSR count). The molecule has 0 bridgehead atoms. The van der Waals surface area contributed by atoms with Crippen molar-refractivity contribution in [3.8, 4) is 6.07 Å². The SMILES string of the molecule is CC(Cl)c1nc2c(C#N)cccc2n1Cc1nccs1. The molecule has 1 aromatic carbocycles. The van der Waals surface area contributed by atoms with E-state index < -0.39 is 0 Å². The van der Waals surface area contributed by atoms with Crippen LogP contribution in [0.25, 0.3) is 11.0 Å². The number of fused-ring (bicyclic) bond motifs is 1. The normalized spacial score (nSPS) is 12.4. The number of halogens is 1. The smallest absolute Gasteiger partial charge is 0.128 e. The van der Waals surface area contributed by atoms with E-state index in [1.54, 1.807) is 23.6 Å². The molecule has 0 aliphatic heterocycles. The van der Waals surface area contributed by atoms with Crippen molar-refractivity contribution in [2.75, 3.05) is 0 Å². The van der Waals surface area contributed by atoms with Crippen molar-refractivity contribution in [1.82, 2.24) is 14.5 Å². The highest BCUT2D eigenvalue weighted by atomic mass is 35.5. The van der Waals surface area contributed by atoms with Crippen molar-refractivity contribution in [3.05, 3.63) is 46.2 Å². The molecule has 0 saturated heterocycles. The molecule has 0 N–H and O–H groups in total. The van der Waals surface area contributed by atoms with Crippen LogP contribution in [0.4, 0.5) is 0 Å². The summed E-state index contributed by atoms with van der Waals surface area (Å²) in [4.78, 5) is 8.85. The summed E-state index contributed by atoms with van der Waals surface area (Å²) in [5.41, 5.74) is 2.19. The predicted molar refractivity (Wildman–Crippen MR) is 79.9 cm³/mol. The fourth-order valence-electron chi connectivity index (χ4n) is 2.19. The number of para-hydroxylation sites is 1. The second-order valence-electron chi connectivity index (χ2n) is 4.38. The van der Waals surface area contributed by atoms with Gasteiger partial charge in [0.05, 0.1) is 23.0 Å². The molecule has 1 unspecified atom stereocenters. The number of imidazole rings is 1. The summed E-state index contributed by atoms with van der Waals surface area (Å²) in [5.74, 6) is 0.763. The first-order valence-electron chi connectivity index (χ1n) is 6.12. The molecule has 2 heterocycles. The van der Waals surface area contributed by atoms with E-state index in [9.17, 15) is 5.26 Å². The Hall–Kier alpha value is -1.90. The molecule has 0 fully saturated rings. The van der Waals surface area contributed by atoms with Crippen molar-refractivity contribution in [1.29, 1.82) is 5.26 Å². The van der Waals surface area contributed by atoms with Gasteiger partial charge >= 0.3 is 0 Å². The van der Waals surface area contributed by atoms with Crippen LogP contribution in [-0.2, 0) is 6.54 Å². The van der Waals surface area contributed by atoms with Gasteiger partial charge in [0.25, 0.3) is 0 Å². The van der Waals surface area contributed by atoms with Crippen LogP contribution < -0.4 is 0 Å². The van der Waals surface area contributed by atoms with Gasteiger partial charge in [-0.3, -0.25) is 0 Å². The second kappa shape index (κ2) is 5.23. The van der Waals surface area contributed by atoms with Gasteiger partial charge in [-0.1, -0.05) is 6.07 Å². The number of hydrogen-bond acceptors (Lipinski definition) is 4. The van der Waals surface area contributed by atoms with Crippen molar-refractivity contribution >= 4 is 34.0 Å². The lowest BCUT2D eigenvalue weighted by molar-refractivity contribution is 0.738. The van der Waals surface area contributed by atoms with Crippen LogP contribution in [-0.4, -0.2) is 14.5 Å². The Balaban J connectivity index is 2.22. The summed E-state index contributed by atoms with van der Waals surface area (Å²) >= 11 is 7.82. The van der Waals surface area contributed by atoms with E-state index in [2.05, 4.69) is 16.0 Å². The summed E-state index contributed by atoms with van der Waals surface area (Å²) in [5, 5.41) is 11.9. The fraction of sp³-hybridized carbons (Fsp3) is 0.214. The maximum absolute atomic E-state index is 9.19. The summed E-state index contributed by atoms with van der Waals surface area (Å²) in [6.45, 7) is 2.50. The van der Waals surface area contributed by atoms with Gasteiger partial charge in [-0.05, 0) is 19.1 Å². The van der Waals surface area contributed by atoms with Crippen LogP contribution in [0.2, 0.25) is 0 Å². The Labute approximate surface area is 125 Å². The molecule has 0 spiro atoms. The summed E-state index contributed by atoms with van der Waals surface area (Å²) < 4.78 is 2.03. The molecule has 100 valence electrons. The van der Waals surface area contributed by atoms with Crippen LogP contribution >= 0.6 is 22.9 Å². The average Bonchev–Trinajstić information content (AvgIpc) is 3.07. The molecule has 3 aromatic rings. The van der Waals surface area contributed by atoms with Crippen molar-refractivity contribution in [3.63, 3.8) is 0 Å². The van der Waals surface area contributed by atoms with Crippen LogP contribution in [0.3, 0.4) is 0 Å². The van der Waals surface area contributed by atoms with Gasteiger partial charge in [0.2, 0.25) is 0 Å². The number of hydrogen-bond donors (Lipinski definition) is 0. The highest BCUT2D eigenvalue weighted by molar-refractivity contribution is 7.09. The molecule has 0 aliphatic rings. The standard InChI is InChI=1S/C14H11ClN4S/c1-9(15)14-18-13-10(7-16)3-2-4-11(13)19(14)8-12-17-5-6-20-12/h2-6,9H,8H2,1H3.